The van der Waals surface area contributed by atoms with E-state index in [4.69, 9.17) is 18.9 Å². The average Bonchev–Trinajstić information content (AvgIpc) is 3.00. The number of amides is 1. The highest BCUT2D eigenvalue weighted by Crippen LogP contribution is 2.29. The number of carbonyl (C=O) groups excluding carboxylic acids is 2. The summed E-state index contributed by atoms with van der Waals surface area (Å²) in [6.45, 7) is 8.68. The summed E-state index contributed by atoms with van der Waals surface area (Å²) in [5.41, 5.74) is -0.611. The highest BCUT2D eigenvalue weighted by Gasteiger charge is 2.33. The summed E-state index contributed by atoms with van der Waals surface area (Å²) in [5.74, 6) is -0.894. The van der Waals surface area contributed by atoms with Gasteiger partial charge in [0.15, 0.2) is 5.79 Å². The first-order valence-electron chi connectivity index (χ1n) is 9.06. The minimum atomic E-state index is -0.695. The van der Waals surface area contributed by atoms with Crippen LogP contribution in [0.4, 0.5) is 4.79 Å². The van der Waals surface area contributed by atoms with Gasteiger partial charge in [0.25, 0.3) is 0 Å². The van der Waals surface area contributed by atoms with E-state index in [-0.39, 0.29) is 0 Å². The third-order valence-electron chi connectivity index (χ3n) is 4.08. The lowest BCUT2D eigenvalue weighted by atomic mass is 10.0. The molecule has 25 heavy (non-hydrogen) atoms. The van der Waals surface area contributed by atoms with Gasteiger partial charge in [0.1, 0.15) is 11.6 Å². The Labute approximate surface area is 150 Å². The number of hydrogen-bond acceptors (Lipinski definition) is 6. The van der Waals surface area contributed by atoms with Crippen molar-refractivity contribution in [2.45, 2.75) is 83.6 Å². The van der Waals surface area contributed by atoms with Gasteiger partial charge in [-0.05, 0) is 40.0 Å². The topological polar surface area (TPSA) is 83.1 Å². The molecule has 1 atom stereocenters. The second kappa shape index (κ2) is 9.97. The molecule has 0 aromatic rings. The van der Waals surface area contributed by atoms with Gasteiger partial charge in [-0.2, -0.15) is 0 Å². The molecule has 0 bridgehead atoms. The number of hydrogen-bond donors (Lipinski definition) is 1. The van der Waals surface area contributed by atoms with Crippen molar-refractivity contribution < 1.29 is 28.5 Å². The van der Waals surface area contributed by atoms with E-state index in [2.05, 4.69) is 12.2 Å². The van der Waals surface area contributed by atoms with E-state index in [9.17, 15) is 9.59 Å². The molecule has 1 saturated heterocycles. The number of nitrogens with one attached hydrogen (secondary N) is 1. The average molecular weight is 359 g/mol. The second-order valence-electron chi connectivity index (χ2n) is 7.28. The van der Waals surface area contributed by atoms with E-state index in [0.29, 0.717) is 19.6 Å². The summed E-state index contributed by atoms with van der Waals surface area (Å²) in [6.07, 6.45) is 4.21. The maximum absolute atomic E-state index is 11.9. The van der Waals surface area contributed by atoms with Crippen LogP contribution in [0.5, 0.6) is 0 Å². The first kappa shape index (κ1) is 21.7. The Bertz CT molecular complexity index is 426. The number of unbranched alkanes of at least 4 members (excludes halogenated alkanes) is 2. The van der Waals surface area contributed by atoms with Crippen LogP contribution in [0.25, 0.3) is 0 Å². The molecule has 0 radical (unpaired) electrons. The summed E-state index contributed by atoms with van der Waals surface area (Å²) in [6, 6.07) is -0.695. The van der Waals surface area contributed by atoms with Crippen molar-refractivity contribution in [2.24, 2.45) is 0 Å². The fourth-order valence-electron chi connectivity index (χ4n) is 2.78. The van der Waals surface area contributed by atoms with Gasteiger partial charge >= 0.3 is 12.1 Å². The van der Waals surface area contributed by atoms with Crippen LogP contribution < -0.4 is 5.32 Å². The minimum Gasteiger partial charge on any atom is -0.467 e. The Morgan fingerprint density at radius 3 is 2.32 bits per heavy atom. The van der Waals surface area contributed by atoms with Gasteiger partial charge in [-0.25, -0.2) is 9.59 Å². The number of carbonyl (C=O) groups is 2. The minimum absolute atomic E-state index is 0.434. The van der Waals surface area contributed by atoms with E-state index in [0.717, 1.165) is 32.1 Å². The molecule has 1 aliphatic rings. The number of methoxy groups -OCH3 is 1. The van der Waals surface area contributed by atoms with Crippen molar-refractivity contribution in [3.63, 3.8) is 0 Å². The summed E-state index contributed by atoms with van der Waals surface area (Å²) >= 11 is 0. The van der Waals surface area contributed by atoms with Crippen LogP contribution >= 0.6 is 0 Å². The Hall–Kier alpha value is -1.34. The summed E-state index contributed by atoms with van der Waals surface area (Å²) < 4.78 is 21.4. The Morgan fingerprint density at radius 2 is 1.80 bits per heavy atom. The molecule has 7 nitrogen and oxygen atoms in total. The van der Waals surface area contributed by atoms with Crippen molar-refractivity contribution in [1.29, 1.82) is 0 Å². The summed E-state index contributed by atoms with van der Waals surface area (Å²) in [7, 11) is 1.31. The van der Waals surface area contributed by atoms with Crippen LogP contribution in [-0.2, 0) is 23.7 Å². The molecule has 0 aromatic heterocycles. The maximum Gasteiger partial charge on any atom is 0.408 e. The zero-order valence-corrected chi connectivity index (χ0v) is 16.2. The normalized spacial score (nSPS) is 17.8. The quantitative estimate of drug-likeness (QED) is 0.503. The van der Waals surface area contributed by atoms with Crippen molar-refractivity contribution in [3.05, 3.63) is 0 Å². The zero-order valence-electron chi connectivity index (χ0n) is 16.2. The van der Waals surface area contributed by atoms with Crippen molar-refractivity contribution in [3.8, 4) is 0 Å². The molecule has 1 amide bonds. The van der Waals surface area contributed by atoms with E-state index in [1.807, 2.05) is 0 Å². The van der Waals surface area contributed by atoms with Crippen molar-refractivity contribution >= 4 is 12.1 Å². The molecule has 0 spiro atoms. The van der Waals surface area contributed by atoms with Crippen molar-refractivity contribution in [2.75, 3.05) is 20.3 Å². The first-order valence-corrected chi connectivity index (χ1v) is 9.06. The Balaban J connectivity index is 2.35. The van der Waals surface area contributed by atoms with Crippen LogP contribution in [0.15, 0.2) is 0 Å². The second-order valence-corrected chi connectivity index (χ2v) is 7.28. The third-order valence-corrected chi connectivity index (χ3v) is 4.08. The van der Waals surface area contributed by atoms with Crippen LogP contribution in [0.1, 0.15) is 66.2 Å². The molecule has 1 aliphatic heterocycles. The lowest BCUT2D eigenvalue weighted by Gasteiger charge is -2.26. The predicted molar refractivity (Wildman–Crippen MR) is 93.2 cm³/mol. The van der Waals surface area contributed by atoms with Crippen LogP contribution in [0.3, 0.4) is 0 Å². The lowest BCUT2D eigenvalue weighted by molar-refractivity contribution is -0.164. The molecular formula is C18H33NO6. The Kier molecular flexibility index (Phi) is 8.65. The number of rotatable bonds is 9. The predicted octanol–water partition coefficient (Wildman–Crippen LogP) is 3.16. The number of alkyl carbamates (subject to hydrolysis) is 1. The number of esters is 1. The van der Waals surface area contributed by atoms with E-state index >= 15 is 0 Å². The molecule has 0 saturated carbocycles. The molecular weight excluding hydrogens is 326 g/mol. The smallest absolute Gasteiger partial charge is 0.408 e. The highest BCUT2D eigenvalue weighted by atomic mass is 16.7. The standard InChI is InChI=1S/C18H33NO6/c1-6-18(23-12-13-24-18)11-9-7-8-10-14(15(20)22-5)19-16(21)25-17(2,3)4/h14H,6-13H2,1-5H3,(H,19,21)/t14-/m0/s1. The zero-order chi connectivity index (χ0) is 18.9. The molecule has 1 fully saturated rings. The van der Waals surface area contributed by atoms with Gasteiger partial charge in [-0.3, -0.25) is 0 Å². The molecule has 1 heterocycles. The third kappa shape index (κ3) is 8.05. The molecule has 1 rings (SSSR count). The van der Waals surface area contributed by atoms with Gasteiger partial charge in [0.05, 0.1) is 20.3 Å². The fourth-order valence-corrected chi connectivity index (χ4v) is 2.78. The largest absolute Gasteiger partial charge is 0.467 e. The van der Waals surface area contributed by atoms with Crippen molar-refractivity contribution in [1.82, 2.24) is 5.32 Å². The van der Waals surface area contributed by atoms with Gasteiger partial charge in [0, 0.05) is 6.42 Å². The molecule has 0 aliphatic carbocycles. The van der Waals surface area contributed by atoms with E-state index < -0.39 is 29.5 Å². The van der Waals surface area contributed by atoms with Gasteiger partial charge in [0.2, 0.25) is 0 Å². The van der Waals surface area contributed by atoms with E-state index in [1.165, 1.54) is 7.11 Å². The summed E-state index contributed by atoms with van der Waals surface area (Å²) in [4.78, 5) is 23.7. The van der Waals surface area contributed by atoms with Crippen LogP contribution in [0, 0.1) is 0 Å². The lowest BCUT2D eigenvalue weighted by Crippen LogP contribution is -2.44. The summed E-state index contributed by atoms with van der Waals surface area (Å²) in [5, 5.41) is 2.59. The monoisotopic (exact) mass is 359 g/mol. The fraction of sp³-hybridized carbons (Fsp3) is 0.889. The van der Waals surface area contributed by atoms with Gasteiger partial charge in [-0.1, -0.05) is 19.8 Å². The van der Waals surface area contributed by atoms with Crippen LogP contribution in [-0.4, -0.2) is 49.8 Å². The Morgan fingerprint density at radius 1 is 1.16 bits per heavy atom. The molecule has 1 N–H and O–H groups in total. The first-order chi connectivity index (χ1) is 11.7. The molecule has 146 valence electrons. The molecule has 7 heteroatoms. The number of ether oxygens (including phenoxy) is 4. The molecule has 0 aromatic carbocycles. The van der Waals surface area contributed by atoms with E-state index in [1.54, 1.807) is 20.8 Å². The highest BCUT2D eigenvalue weighted by molar-refractivity contribution is 5.81. The maximum atomic E-state index is 11.9. The molecule has 0 unspecified atom stereocenters. The van der Waals surface area contributed by atoms with Gasteiger partial charge in [-0.15, -0.1) is 0 Å². The van der Waals surface area contributed by atoms with Gasteiger partial charge < -0.3 is 24.3 Å². The van der Waals surface area contributed by atoms with Crippen LogP contribution in [0.2, 0.25) is 0 Å². The SMILES string of the molecule is CCC1(CCCCC[C@H](NC(=O)OC(C)(C)C)C(=O)OC)OCCO1.